The normalized spacial score (nSPS) is 27.3. The van der Waals surface area contributed by atoms with E-state index in [0.717, 1.165) is 0 Å². The van der Waals surface area contributed by atoms with E-state index in [1.165, 1.54) is 6.20 Å². The van der Waals surface area contributed by atoms with Crippen LogP contribution < -0.4 is 10.6 Å². The summed E-state index contributed by atoms with van der Waals surface area (Å²) in [4.78, 5) is 25.4. The molecule has 1 unspecified atom stereocenters. The molecule has 3 amide bonds. The first-order valence-electron chi connectivity index (χ1n) is 3.13. The molecule has 0 spiro atoms. The number of fused-ring (bicyclic) bond motifs is 1. The summed E-state index contributed by atoms with van der Waals surface area (Å²) in [5.74, 6) is -0.413. The van der Waals surface area contributed by atoms with Gasteiger partial charge in [0.2, 0.25) is 0 Å². The Kier molecular flexibility index (Phi) is 1.06. The standard InChI is InChI=1S/C6H5N3O2/c10-5-4-3(1-2-7-4)8-6(11)9-5/h1-3H,(H2,8,9,10,11). The lowest BCUT2D eigenvalue weighted by Crippen LogP contribution is -2.57. The highest BCUT2D eigenvalue weighted by molar-refractivity contribution is 6.46. The minimum atomic E-state index is -0.467. The minimum absolute atomic E-state index is 0.323. The van der Waals surface area contributed by atoms with Crippen LogP contribution in [-0.2, 0) is 4.79 Å². The quantitative estimate of drug-likeness (QED) is 0.474. The predicted octanol–water partition coefficient (Wildman–Crippen LogP) is -0.837. The van der Waals surface area contributed by atoms with Gasteiger partial charge in [0, 0.05) is 6.20 Å². The third-order valence-corrected chi connectivity index (χ3v) is 1.53. The molecule has 56 valence electrons. The number of hydrogen-bond acceptors (Lipinski definition) is 3. The SMILES string of the molecule is O=C1NC(=O)C2=NC=CC2N1. The van der Waals surface area contributed by atoms with Gasteiger partial charge in [-0.15, -0.1) is 0 Å². The molecule has 11 heavy (non-hydrogen) atoms. The Morgan fingerprint density at radius 2 is 2.27 bits per heavy atom. The number of urea groups is 1. The Hall–Kier alpha value is -1.65. The first-order chi connectivity index (χ1) is 5.27. The number of carbonyl (C=O) groups is 2. The van der Waals surface area contributed by atoms with Gasteiger partial charge in [0.05, 0.1) is 6.04 Å². The molecule has 0 aromatic rings. The van der Waals surface area contributed by atoms with E-state index in [4.69, 9.17) is 0 Å². The van der Waals surface area contributed by atoms with Gasteiger partial charge in [-0.25, -0.2) is 4.79 Å². The number of hydrogen-bond donors (Lipinski definition) is 2. The van der Waals surface area contributed by atoms with Gasteiger partial charge in [0.15, 0.2) is 0 Å². The first-order valence-corrected chi connectivity index (χ1v) is 3.13. The highest BCUT2D eigenvalue weighted by Gasteiger charge is 2.31. The van der Waals surface area contributed by atoms with Gasteiger partial charge in [-0.2, -0.15) is 0 Å². The third-order valence-electron chi connectivity index (χ3n) is 1.53. The van der Waals surface area contributed by atoms with Crippen LogP contribution in [0.4, 0.5) is 4.79 Å². The molecule has 1 atom stereocenters. The number of carbonyl (C=O) groups excluding carboxylic acids is 2. The molecule has 0 aromatic carbocycles. The first kappa shape index (κ1) is 6.09. The van der Waals surface area contributed by atoms with Crippen LogP contribution in [0.1, 0.15) is 0 Å². The summed E-state index contributed by atoms with van der Waals surface area (Å²) in [5.41, 5.74) is 0.351. The van der Waals surface area contributed by atoms with Crippen LogP contribution in [0.5, 0.6) is 0 Å². The molecule has 0 aliphatic carbocycles. The van der Waals surface area contributed by atoms with Crippen LogP contribution in [0.25, 0.3) is 0 Å². The number of amides is 3. The fraction of sp³-hybridized carbons (Fsp3) is 0.167. The minimum Gasteiger partial charge on any atom is -0.326 e. The van der Waals surface area contributed by atoms with Gasteiger partial charge in [-0.3, -0.25) is 15.1 Å². The Morgan fingerprint density at radius 3 is 3.09 bits per heavy atom. The zero-order valence-corrected chi connectivity index (χ0v) is 5.50. The molecule has 0 aromatic heterocycles. The largest absolute Gasteiger partial charge is 0.326 e. The summed E-state index contributed by atoms with van der Waals surface area (Å²) < 4.78 is 0. The number of nitrogens with zero attached hydrogens (tertiary/aromatic N) is 1. The number of aliphatic imine (C=N–C) groups is 1. The average Bonchev–Trinajstić information content (AvgIpc) is 2.34. The van der Waals surface area contributed by atoms with E-state index < -0.39 is 11.9 Å². The monoisotopic (exact) mass is 151 g/mol. The van der Waals surface area contributed by atoms with Gasteiger partial charge in [0.1, 0.15) is 5.71 Å². The molecule has 2 N–H and O–H groups in total. The highest BCUT2D eigenvalue weighted by atomic mass is 16.2. The van der Waals surface area contributed by atoms with Crippen molar-refractivity contribution < 1.29 is 9.59 Å². The number of nitrogens with one attached hydrogen (secondary N) is 2. The van der Waals surface area contributed by atoms with E-state index >= 15 is 0 Å². The molecule has 1 saturated heterocycles. The zero-order valence-electron chi connectivity index (χ0n) is 5.50. The van der Waals surface area contributed by atoms with Crippen molar-refractivity contribution in [3.63, 3.8) is 0 Å². The van der Waals surface area contributed by atoms with E-state index in [1.54, 1.807) is 6.08 Å². The van der Waals surface area contributed by atoms with E-state index in [-0.39, 0.29) is 6.04 Å². The summed E-state index contributed by atoms with van der Waals surface area (Å²) in [5, 5.41) is 4.61. The Labute approximate surface area is 62.2 Å². The number of imide groups is 1. The Morgan fingerprint density at radius 1 is 1.45 bits per heavy atom. The third kappa shape index (κ3) is 0.813. The van der Waals surface area contributed by atoms with Crippen molar-refractivity contribution in [2.45, 2.75) is 6.04 Å². The van der Waals surface area contributed by atoms with Crippen LogP contribution in [0, 0.1) is 0 Å². The maximum absolute atomic E-state index is 10.9. The van der Waals surface area contributed by atoms with Crippen molar-refractivity contribution in [3.8, 4) is 0 Å². The fourth-order valence-corrected chi connectivity index (χ4v) is 1.04. The molecule has 0 radical (unpaired) electrons. The molecule has 5 nitrogen and oxygen atoms in total. The second kappa shape index (κ2) is 1.91. The summed E-state index contributed by atoms with van der Waals surface area (Å²) in [6.45, 7) is 0. The van der Waals surface area contributed by atoms with Crippen molar-refractivity contribution in [2.75, 3.05) is 0 Å². The van der Waals surface area contributed by atoms with E-state index in [2.05, 4.69) is 15.6 Å². The summed E-state index contributed by atoms with van der Waals surface area (Å²) in [7, 11) is 0. The molecule has 1 fully saturated rings. The van der Waals surface area contributed by atoms with Crippen molar-refractivity contribution in [2.24, 2.45) is 4.99 Å². The maximum atomic E-state index is 10.9. The second-order valence-electron chi connectivity index (χ2n) is 2.26. The van der Waals surface area contributed by atoms with Crippen molar-refractivity contribution in [1.29, 1.82) is 0 Å². The summed E-state index contributed by atoms with van der Waals surface area (Å²) >= 11 is 0. The predicted molar refractivity (Wildman–Crippen MR) is 37.0 cm³/mol. The lowest BCUT2D eigenvalue weighted by Gasteiger charge is -2.18. The molecule has 2 aliphatic heterocycles. The van der Waals surface area contributed by atoms with Crippen LogP contribution in [0.2, 0.25) is 0 Å². The van der Waals surface area contributed by atoms with Crippen molar-refractivity contribution >= 4 is 17.6 Å². The topological polar surface area (TPSA) is 70.6 Å². The molecular formula is C6H5N3O2. The van der Waals surface area contributed by atoms with E-state index in [9.17, 15) is 9.59 Å². The summed E-state index contributed by atoms with van der Waals surface area (Å²) in [6.07, 6.45) is 3.16. The fourth-order valence-electron chi connectivity index (χ4n) is 1.04. The molecular weight excluding hydrogens is 146 g/mol. The lowest BCUT2D eigenvalue weighted by atomic mass is 10.1. The van der Waals surface area contributed by atoms with E-state index in [0.29, 0.717) is 5.71 Å². The Bertz CT molecular complexity index is 292. The van der Waals surface area contributed by atoms with Gasteiger partial charge in [0.25, 0.3) is 5.91 Å². The lowest BCUT2D eigenvalue weighted by molar-refractivity contribution is -0.114. The smallest absolute Gasteiger partial charge is 0.322 e. The van der Waals surface area contributed by atoms with E-state index in [1.807, 2.05) is 0 Å². The maximum Gasteiger partial charge on any atom is 0.322 e. The van der Waals surface area contributed by atoms with Gasteiger partial charge < -0.3 is 5.32 Å². The van der Waals surface area contributed by atoms with Crippen LogP contribution in [-0.4, -0.2) is 23.7 Å². The highest BCUT2D eigenvalue weighted by Crippen LogP contribution is 2.04. The zero-order chi connectivity index (χ0) is 7.84. The molecule has 5 heteroatoms. The molecule has 0 saturated carbocycles. The van der Waals surface area contributed by atoms with Crippen molar-refractivity contribution in [3.05, 3.63) is 12.3 Å². The van der Waals surface area contributed by atoms with Crippen molar-refractivity contribution in [1.82, 2.24) is 10.6 Å². The van der Waals surface area contributed by atoms with Gasteiger partial charge in [-0.1, -0.05) is 0 Å². The summed E-state index contributed by atoms with van der Waals surface area (Å²) in [6, 6.07) is -0.790. The molecule has 2 heterocycles. The second-order valence-corrected chi connectivity index (χ2v) is 2.26. The number of rotatable bonds is 0. The Balaban J connectivity index is 2.31. The van der Waals surface area contributed by atoms with Crippen LogP contribution in [0.3, 0.4) is 0 Å². The molecule has 0 bridgehead atoms. The average molecular weight is 151 g/mol. The van der Waals surface area contributed by atoms with Crippen LogP contribution >= 0.6 is 0 Å². The molecule has 2 rings (SSSR count). The molecule has 2 aliphatic rings. The van der Waals surface area contributed by atoms with Gasteiger partial charge >= 0.3 is 6.03 Å². The van der Waals surface area contributed by atoms with Crippen LogP contribution in [0.15, 0.2) is 17.3 Å². The van der Waals surface area contributed by atoms with Gasteiger partial charge in [-0.05, 0) is 6.08 Å².